The van der Waals surface area contributed by atoms with Gasteiger partial charge in [0.15, 0.2) is 5.01 Å². The highest BCUT2D eigenvalue weighted by Gasteiger charge is 2.18. The number of carbonyl (C=O) groups is 1. The quantitative estimate of drug-likeness (QED) is 0.294. The Labute approximate surface area is 247 Å². The van der Waals surface area contributed by atoms with Crippen molar-refractivity contribution < 1.29 is 9.90 Å². The molecular formula is C31H47BrN4O2S. The van der Waals surface area contributed by atoms with Gasteiger partial charge < -0.3 is 15.3 Å². The highest BCUT2D eigenvalue weighted by molar-refractivity contribution is 9.10. The van der Waals surface area contributed by atoms with Gasteiger partial charge in [-0.05, 0) is 81.2 Å². The molecule has 1 aliphatic carbocycles. The number of thiazole rings is 1. The number of nitrogens with one attached hydrogen (secondary N) is 1. The van der Waals surface area contributed by atoms with E-state index in [0.717, 1.165) is 72.5 Å². The molecule has 1 amide bonds. The van der Waals surface area contributed by atoms with Gasteiger partial charge in [0.1, 0.15) is 10.3 Å². The maximum absolute atomic E-state index is 12.4. The van der Waals surface area contributed by atoms with Crippen molar-refractivity contribution in [1.82, 2.24) is 20.2 Å². The van der Waals surface area contributed by atoms with Crippen molar-refractivity contribution in [3.8, 4) is 0 Å². The zero-order chi connectivity index (χ0) is 28.6. The molecule has 2 aliphatic rings. The Kier molecular flexibility index (Phi) is 15.8. The molecule has 39 heavy (non-hydrogen) atoms. The van der Waals surface area contributed by atoms with E-state index in [1.54, 1.807) is 0 Å². The van der Waals surface area contributed by atoms with Gasteiger partial charge in [0.25, 0.3) is 5.91 Å². The molecule has 6 nitrogen and oxygen atoms in total. The van der Waals surface area contributed by atoms with Gasteiger partial charge in [0, 0.05) is 29.8 Å². The molecular weight excluding hydrogens is 572 g/mol. The van der Waals surface area contributed by atoms with E-state index in [9.17, 15) is 9.90 Å². The Morgan fingerprint density at radius 1 is 1.10 bits per heavy atom. The van der Waals surface area contributed by atoms with Crippen molar-refractivity contribution >= 4 is 43.5 Å². The molecule has 3 aromatic rings. The number of nitrogens with zero attached hydrogens (tertiary/aromatic N) is 3. The molecule has 1 saturated heterocycles. The number of aryl methyl sites for hydroxylation is 2. The van der Waals surface area contributed by atoms with Crippen LogP contribution >= 0.6 is 27.3 Å². The van der Waals surface area contributed by atoms with Crippen LogP contribution in [-0.2, 0) is 12.8 Å². The van der Waals surface area contributed by atoms with Gasteiger partial charge in [-0.1, -0.05) is 80.1 Å². The number of aliphatic hydroxyl groups excluding tert-OH is 1. The van der Waals surface area contributed by atoms with Crippen molar-refractivity contribution in [2.75, 3.05) is 26.2 Å². The minimum Gasteiger partial charge on any atom is -0.393 e. The third-order valence-corrected chi connectivity index (χ3v) is 7.58. The first-order valence-corrected chi connectivity index (χ1v) is 16.1. The second-order valence-electron chi connectivity index (χ2n) is 10.4. The molecule has 1 aromatic carbocycles. The van der Waals surface area contributed by atoms with Crippen LogP contribution in [0, 0.1) is 5.92 Å². The summed E-state index contributed by atoms with van der Waals surface area (Å²) in [5.74, 6) is 0.736. The molecule has 0 unspecified atom stereocenters. The lowest BCUT2D eigenvalue weighted by Crippen LogP contribution is -2.37. The minimum absolute atomic E-state index is 0.0972. The molecule has 5 rings (SSSR count). The lowest BCUT2D eigenvalue weighted by Gasteiger charge is -2.29. The van der Waals surface area contributed by atoms with Crippen molar-refractivity contribution in [1.29, 1.82) is 0 Å². The van der Waals surface area contributed by atoms with E-state index in [0.29, 0.717) is 11.6 Å². The summed E-state index contributed by atoms with van der Waals surface area (Å²) >= 11 is 4.70. The number of amides is 1. The monoisotopic (exact) mass is 618 g/mol. The van der Waals surface area contributed by atoms with Crippen LogP contribution in [0.4, 0.5) is 0 Å². The van der Waals surface area contributed by atoms with Gasteiger partial charge in [0.05, 0.1) is 6.10 Å². The summed E-state index contributed by atoms with van der Waals surface area (Å²) in [4.78, 5) is 24.9. The molecule has 0 radical (unpaired) electrons. The van der Waals surface area contributed by atoms with Gasteiger partial charge in [-0.25, -0.2) is 9.97 Å². The van der Waals surface area contributed by atoms with Crippen LogP contribution < -0.4 is 5.32 Å². The maximum atomic E-state index is 12.4. The summed E-state index contributed by atoms with van der Waals surface area (Å²) in [5, 5.41) is 13.0. The number of aliphatic hydroxyl groups is 1. The SMILES string of the molecule is Brc1ccccc1.CC.CC(C)C.O=C(NCCCN1CCC(O)CC1)c1nc2cc3c(nc2s1)CCCC3. The number of likely N-dealkylation sites (tertiary alicyclic amines) is 1. The van der Waals surface area contributed by atoms with Crippen LogP contribution in [0.5, 0.6) is 0 Å². The normalized spacial score (nSPS) is 15.2. The summed E-state index contributed by atoms with van der Waals surface area (Å²) in [5.41, 5.74) is 3.34. The van der Waals surface area contributed by atoms with Gasteiger partial charge in [-0.3, -0.25) is 4.79 Å². The largest absolute Gasteiger partial charge is 0.393 e. The fourth-order valence-corrected chi connectivity index (χ4v) is 5.38. The molecule has 0 bridgehead atoms. The molecule has 8 heteroatoms. The van der Waals surface area contributed by atoms with Crippen LogP contribution in [0.3, 0.4) is 0 Å². The van der Waals surface area contributed by atoms with Crippen LogP contribution in [0.1, 0.15) is 87.8 Å². The van der Waals surface area contributed by atoms with Gasteiger partial charge in [-0.15, -0.1) is 0 Å². The standard InChI is InChI=1S/C19H26N4O2S.C6H5Br.C4H10.C2H6/c24-14-6-10-23(11-7-14)9-3-8-20-17(25)19-22-16-12-13-4-1-2-5-15(13)21-18(16)26-19;7-6-4-2-1-3-5-6;1-4(2)3;1-2/h12,14,24H,1-11H2,(H,20,25);1-5H;4H,1-3H3;1-2H3. The van der Waals surface area contributed by atoms with Crippen molar-refractivity contribution in [2.24, 2.45) is 5.92 Å². The number of hydrogen-bond acceptors (Lipinski definition) is 6. The second kappa shape index (κ2) is 18.5. The first kappa shape index (κ1) is 33.3. The van der Waals surface area contributed by atoms with E-state index in [1.165, 1.54) is 35.4 Å². The second-order valence-corrected chi connectivity index (χ2v) is 12.2. The van der Waals surface area contributed by atoms with Gasteiger partial charge in [-0.2, -0.15) is 0 Å². The summed E-state index contributed by atoms with van der Waals surface area (Å²) in [6.45, 7) is 14.0. The number of benzene rings is 1. The summed E-state index contributed by atoms with van der Waals surface area (Å²) in [6.07, 6.45) is 7.03. The summed E-state index contributed by atoms with van der Waals surface area (Å²) < 4.78 is 1.13. The van der Waals surface area contributed by atoms with E-state index >= 15 is 0 Å². The first-order valence-electron chi connectivity index (χ1n) is 14.5. The van der Waals surface area contributed by atoms with Crippen LogP contribution in [0.25, 0.3) is 10.3 Å². The van der Waals surface area contributed by atoms with Crippen LogP contribution in [0.15, 0.2) is 40.9 Å². The third-order valence-electron chi connectivity index (χ3n) is 6.08. The predicted molar refractivity (Wildman–Crippen MR) is 169 cm³/mol. The Morgan fingerprint density at radius 3 is 2.36 bits per heavy atom. The smallest absolute Gasteiger partial charge is 0.280 e. The molecule has 1 aliphatic heterocycles. The molecule has 0 saturated carbocycles. The van der Waals surface area contributed by atoms with E-state index in [1.807, 2.05) is 44.2 Å². The van der Waals surface area contributed by atoms with Crippen molar-refractivity contribution in [3.63, 3.8) is 0 Å². The fraction of sp³-hybridized carbons (Fsp3) is 0.581. The van der Waals surface area contributed by atoms with Crippen molar-refractivity contribution in [2.45, 2.75) is 85.7 Å². The Balaban J connectivity index is 0.000000342. The van der Waals surface area contributed by atoms with E-state index < -0.39 is 0 Å². The maximum Gasteiger partial charge on any atom is 0.280 e. The number of piperidine rings is 1. The number of pyridine rings is 1. The first-order chi connectivity index (χ1) is 18.8. The van der Waals surface area contributed by atoms with E-state index in [4.69, 9.17) is 4.98 Å². The Hall–Kier alpha value is -1.87. The molecule has 2 N–H and O–H groups in total. The van der Waals surface area contributed by atoms with Gasteiger partial charge >= 0.3 is 0 Å². The lowest BCUT2D eigenvalue weighted by molar-refractivity contribution is 0.0816. The summed E-state index contributed by atoms with van der Waals surface area (Å²) in [6, 6.07) is 12.1. The number of halogens is 1. The number of rotatable bonds is 5. The van der Waals surface area contributed by atoms with Crippen LogP contribution in [0.2, 0.25) is 0 Å². The number of hydrogen-bond donors (Lipinski definition) is 2. The Morgan fingerprint density at radius 2 is 1.74 bits per heavy atom. The zero-order valence-corrected chi connectivity index (χ0v) is 26.8. The van der Waals surface area contributed by atoms with E-state index in [2.05, 4.69) is 58.0 Å². The average molecular weight is 620 g/mol. The molecule has 2 aromatic heterocycles. The molecule has 3 heterocycles. The lowest BCUT2D eigenvalue weighted by atomic mass is 9.96. The van der Waals surface area contributed by atoms with Crippen molar-refractivity contribution in [3.05, 3.63) is 57.1 Å². The highest BCUT2D eigenvalue weighted by atomic mass is 79.9. The molecule has 0 spiro atoms. The number of aromatic nitrogens is 2. The fourth-order valence-electron chi connectivity index (χ4n) is 4.22. The highest BCUT2D eigenvalue weighted by Crippen LogP contribution is 2.27. The van der Waals surface area contributed by atoms with Gasteiger partial charge in [0.2, 0.25) is 0 Å². The number of carbonyl (C=O) groups excluding carboxylic acids is 1. The molecule has 1 fully saturated rings. The van der Waals surface area contributed by atoms with Crippen LogP contribution in [-0.4, -0.2) is 58.2 Å². The number of fused-ring (bicyclic) bond motifs is 2. The average Bonchev–Trinajstić information content (AvgIpc) is 3.35. The topological polar surface area (TPSA) is 78.4 Å². The Bertz CT molecular complexity index is 1050. The molecule has 216 valence electrons. The zero-order valence-electron chi connectivity index (χ0n) is 24.4. The van der Waals surface area contributed by atoms with E-state index in [-0.39, 0.29) is 12.0 Å². The minimum atomic E-state index is -0.135. The molecule has 0 atom stereocenters. The summed E-state index contributed by atoms with van der Waals surface area (Å²) in [7, 11) is 0. The third kappa shape index (κ3) is 12.5. The predicted octanol–water partition coefficient (Wildman–Crippen LogP) is 7.28.